The van der Waals surface area contributed by atoms with Gasteiger partial charge >= 0.3 is 0 Å². The van der Waals surface area contributed by atoms with Gasteiger partial charge in [-0.25, -0.2) is 4.39 Å². The molecular weight excluding hydrogens is 245 g/mol. The highest BCUT2D eigenvalue weighted by Crippen LogP contribution is 2.34. The van der Waals surface area contributed by atoms with Crippen molar-refractivity contribution >= 4 is 11.0 Å². The zero-order valence-corrected chi connectivity index (χ0v) is 11.0. The van der Waals surface area contributed by atoms with Crippen LogP contribution in [-0.2, 0) is 10.4 Å². The highest BCUT2D eigenvalue weighted by Gasteiger charge is 2.34. The Morgan fingerprint density at radius 2 is 2.26 bits per heavy atom. The summed E-state index contributed by atoms with van der Waals surface area (Å²) in [6, 6.07) is 9.43. The first-order valence-electron chi connectivity index (χ1n) is 6.64. The molecule has 1 aliphatic rings. The molecule has 2 atom stereocenters. The Balaban J connectivity index is 1.81. The molecule has 0 saturated carbocycles. The zero-order valence-electron chi connectivity index (χ0n) is 11.0. The van der Waals surface area contributed by atoms with Crippen LogP contribution in [0.2, 0.25) is 0 Å². The van der Waals surface area contributed by atoms with Gasteiger partial charge < -0.3 is 14.5 Å². The summed E-state index contributed by atoms with van der Waals surface area (Å²) >= 11 is 0. The topological polar surface area (TPSA) is 34.4 Å². The SMILES string of the molecule is CC(F)(CC1COCCN1)c1cc2ccccc2o1. The second-order valence-electron chi connectivity index (χ2n) is 5.28. The van der Waals surface area contributed by atoms with Gasteiger partial charge in [0.05, 0.1) is 13.2 Å². The first kappa shape index (κ1) is 12.6. The molecule has 0 amide bonds. The first-order chi connectivity index (χ1) is 9.15. The molecule has 1 aromatic heterocycles. The average molecular weight is 263 g/mol. The van der Waals surface area contributed by atoms with Crippen LogP contribution in [-0.4, -0.2) is 25.8 Å². The number of furan rings is 1. The van der Waals surface area contributed by atoms with E-state index in [2.05, 4.69) is 5.32 Å². The zero-order chi connectivity index (χ0) is 13.3. The van der Waals surface area contributed by atoms with Crippen LogP contribution in [0.1, 0.15) is 19.1 Å². The van der Waals surface area contributed by atoms with Crippen LogP contribution >= 0.6 is 0 Å². The van der Waals surface area contributed by atoms with Crippen molar-refractivity contribution in [1.29, 1.82) is 0 Å². The number of para-hydroxylation sites is 1. The number of ether oxygens (including phenoxy) is 1. The third-order valence-corrected chi connectivity index (χ3v) is 3.57. The Bertz CT molecular complexity index is 525. The van der Waals surface area contributed by atoms with Gasteiger partial charge in [0.1, 0.15) is 11.3 Å². The molecule has 1 aliphatic heterocycles. The second-order valence-corrected chi connectivity index (χ2v) is 5.28. The van der Waals surface area contributed by atoms with Gasteiger partial charge in [0.2, 0.25) is 0 Å². The monoisotopic (exact) mass is 263 g/mol. The van der Waals surface area contributed by atoms with E-state index in [1.54, 1.807) is 13.0 Å². The maximum atomic E-state index is 14.9. The number of hydrogen-bond donors (Lipinski definition) is 1. The van der Waals surface area contributed by atoms with E-state index in [9.17, 15) is 4.39 Å². The van der Waals surface area contributed by atoms with Gasteiger partial charge in [-0.3, -0.25) is 0 Å². The highest BCUT2D eigenvalue weighted by atomic mass is 19.1. The summed E-state index contributed by atoms with van der Waals surface area (Å²) in [5, 5.41) is 4.21. The predicted molar refractivity (Wildman–Crippen MR) is 71.9 cm³/mol. The summed E-state index contributed by atoms with van der Waals surface area (Å²) in [5.41, 5.74) is -0.758. The molecule has 3 nitrogen and oxygen atoms in total. The lowest BCUT2D eigenvalue weighted by atomic mass is 9.95. The number of alkyl halides is 1. The summed E-state index contributed by atoms with van der Waals surface area (Å²) < 4.78 is 25.8. The van der Waals surface area contributed by atoms with Gasteiger partial charge in [-0.05, 0) is 19.1 Å². The summed E-state index contributed by atoms with van der Waals surface area (Å²) in [7, 11) is 0. The quantitative estimate of drug-likeness (QED) is 0.924. The number of hydrogen-bond acceptors (Lipinski definition) is 3. The molecule has 0 aliphatic carbocycles. The van der Waals surface area contributed by atoms with Gasteiger partial charge in [0.15, 0.2) is 5.67 Å². The van der Waals surface area contributed by atoms with E-state index in [0.717, 1.165) is 17.5 Å². The smallest absolute Gasteiger partial charge is 0.167 e. The minimum Gasteiger partial charge on any atom is -0.458 e. The molecule has 1 aromatic carbocycles. The summed E-state index contributed by atoms with van der Waals surface area (Å²) in [4.78, 5) is 0. The minimum atomic E-state index is -1.49. The normalized spacial score (nSPS) is 23.4. The van der Waals surface area contributed by atoms with Crippen molar-refractivity contribution < 1.29 is 13.5 Å². The Kier molecular flexibility index (Phi) is 3.29. The van der Waals surface area contributed by atoms with Crippen LogP contribution in [0.4, 0.5) is 4.39 Å². The lowest BCUT2D eigenvalue weighted by Gasteiger charge is -2.28. The van der Waals surface area contributed by atoms with E-state index in [1.807, 2.05) is 24.3 Å². The van der Waals surface area contributed by atoms with Crippen LogP contribution in [0.3, 0.4) is 0 Å². The molecule has 1 N–H and O–H groups in total. The molecule has 1 saturated heterocycles. The molecule has 2 aromatic rings. The van der Waals surface area contributed by atoms with E-state index >= 15 is 0 Å². The lowest BCUT2D eigenvalue weighted by molar-refractivity contribution is 0.0413. The molecule has 0 bridgehead atoms. The van der Waals surface area contributed by atoms with E-state index in [1.165, 1.54) is 0 Å². The van der Waals surface area contributed by atoms with Crippen molar-refractivity contribution in [2.75, 3.05) is 19.8 Å². The molecule has 19 heavy (non-hydrogen) atoms. The van der Waals surface area contributed by atoms with Crippen molar-refractivity contribution in [3.8, 4) is 0 Å². The summed E-state index contributed by atoms with van der Waals surface area (Å²) in [6.07, 6.45) is 0.354. The fourth-order valence-corrected chi connectivity index (χ4v) is 2.55. The van der Waals surface area contributed by atoms with E-state index in [0.29, 0.717) is 25.4 Å². The molecule has 0 spiro atoms. The largest absolute Gasteiger partial charge is 0.458 e. The first-order valence-corrected chi connectivity index (χ1v) is 6.64. The van der Waals surface area contributed by atoms with Crippen LogP contribution in [0.25, 0.3) is 11.0 Å². The number of rotatable bonds is 3. The Hall–Kier alpha value is -1.39. The number of nitrogens with one attached hydrogen (secondary N) is 1. The van der Waals surface area contributed by atoms with Crippen molar-refractivity contribution in [2.24, 2.45) is 0 Å². The number of benzene rings is 1. The Morgan fingerprint density at radius 1 is 1.42 bits per heavy atom. The van der Waals surface area contributed by atoms with Gasteiger partial charge in [0.25, 0.3) is 0 Å². The van der Waals surface area contributed by atoms with Crippen molar-refractivity contribution in [2.45, 2.75) is 25.1 Å². The second kappa shape index (κ2) is 4.94. The van der Waals surface area contributed by atoms with Gasteiger partial charge in [-0.2, -0.15) is 0 Å². The molecule has 2 unspecified atom stereocenters. The molecular formula is C15H18FNO2. The standard InChI is InChI=1S/C15H18FNO2/c1-15(16,9-12-10-18-7-6-17-12)14-8-11-4-2-3-5-13(11)19-14/h2-5,8,12,17H,6-7,9-10H2,1H3. The maximum Gasteiger partial charge on any atom is 0.167 e. The molecule has 3 rings (SSSR count). The number of fused-ring (bicyclic) bond motifs is 1. The van der Waals surface area contributed by atoms with Crippen molar-refractivity contribution in [3.63, 3.8) is 0 Å². The van der Waals surface area contributed by atoms with Crippen LogP contribution in [0.15, 0.2) is 34.7 Å². The lowest BCUT2D eigenvalue weighted by Crippen LogP contribution is -2.44. The third-order valence-electron chi connectivity index (χ3n) is 3.57. The van der Waals surface area contributed by atoms with E-state index in [-0.39, 0.29) is 6.04 Å². The van der Waals surface area contributed by atoms with Crippen LogP contribution < -0.4 is 5.32 Å². The Morgan fingerprint density at radius 3 is 3.00 bits per heavy atom. The van der Waals surface area contributed by atoms with Crippen molar-refractivity contribution in [3.05, 3.63) is 36.1 Å². The number of halogens is 1. The minimum absolute atomic E-state index is 0.0389. The van der Waals surface area contributed by atoms with Gasteiger partial charge in [-0.1, -0.05) is 18.2 Å². The van der Waals surface area contributed by atoms with Crippen LogP contribution in [0.5, 0.6) is 0 Å². The summed E-state index contributed by atoms with van der Waals surface area (Å²) in [6.45, 7) is 3.60. The number of morpholine rings is 1. The predicted octanol–water partition coefficient (Wildman–Crippen LogP) is 3.00. The fraction of sp³-hybridized carbons (Fsp3) is 0.467. The summed E-state index contributed by atoms with van der Waals surface area (Å²) in [5.74, 6) is 0.390. The highest BCUT2D eigenvalue weighted by molar-refractivity contribution is 5.77. The maximum absolute atomic E-state index is 14.9. The molecule has 1 fully saturated rings. The third kappa shape index (κ3) is 2.65. The van der Waals surface area contributed by atoms with Gasteiger partial charge in [0, 0.05) is 24.4 Å². The Labute approximate surface area is 111 Å². The van der Waals surface area contributed by atoms with Crippen LogP contribution in [0, 0.1) is 0 Å². The fourth-order valence-electron chi connectivity index (χ4n) is 2.55. The average Bonchev–Trinajstić information content (AvgIpc) is 2.84. The molecule has 4 heteroatoms. The van der Waals surface area contributed by atoms with Gasteiger partial charge in [-0.15, -0.1) is 0 Å². The molecule has 0 radical (unpaired) electrons. The molecule has 102 valence electrons. The van der Waals surface area contributed by atoms with Crippen molar-refractivity contribution in [1.82, 2.24) is 5.32 Å². The molecule has 2 heterocycles. The van der Waals surface area contributed by atoms with E-state index in [4.69, 9.17) is 9.15 Å². The van der Waals surface area contributed by atoms with E-state index < -0.39 is 5.67 Å².